The summed E-state index contributed by atoms with van der Waals surface area (Å²) in [7, 11) is 0. The van der Waals surface area contributed by atoms with Gasteiger partial charge in [0.25, 0.3) is 0 Å². The lowest BCUT2D eigenvalue weighted by molar-refractivity contribution is 0.366. The van der Waals surface area contributed by atoms with Crippen molar-refractivity contribution in [1.82, 2.24) is 0 Å². The average Bonchev–Trinajstić information content (AvgIpc) is 3.70. The number of furan rings is 1. The van der Waals surface area contributed by atoms with Gasteiger partial charge in [0.2, 0.25) is 0 Å². The van der Waals surface area contributed by atoms with Gasteiger partial charge >= 0.3 is 0 Å². The van der Waals surface area contributed by atoms with Crippen LogP contribution in [-0.2, 0) is 10.8 Å². The fraction of sp³-hybridized carbons (Fsp3) is 0.208. The fourth-order valence-electron chi connectivity index (χ4n) is 10.0. The van der Waals surface area contributed by atoms with Crippen molar-refractivity contribution in [2.75, 3.05) is 4.90 Å². The Balaban J connectivity index is 1.13. The number of nitrogens with zero attached hydrogens (tertiary/aromatic N) is 1. The SMILES string of the molecule is CC1(C)c2ccccc2-c2cc(N(c3ccc(C4(c5ccccc5)CCCCCCC4)cc3)c3ccc4c(c3)oc3cccc(-c5ccccc5)c34)ccc21. The van der Waals surface area contributed by atoms with E-state index in [-0.39, 0.29) is 10.8 Å². The first-order chi connectivity index (χ1) is 27.0. The van der Waals surface area contributed by atoms with Gasteiger partial charge in [0.15, 0.2) is 0 Å². The minimum absolute atomic E-state index is 0.0253. The van der Waals surface area contributed by atoms with Crippen molar-refractivity contribution in [3.05, 3.63) is 186 Å². The van der Waals surface area contributed by atoms with Crippen molar-refractivity contribution in [3.8, 4) is 22.3 Å². The number of hydrogen-bond donors (Lipinski definition) is 0. The van der Waals surface area contributed by atoms with E-state index in [9.17, 15) is 0 Å². The molecular formula is C53H47NO. The molecule has 0 saturated heterocycles. The number of fused-ring (bicyclic) bond motifs is 6. The molecule has 2 heteroatoms. The molecule has 0 N–H and O–H groups in total. The molecule has 0 aliphatic heterocycles. The molecule has 1 aromatic heterocycles. The maximum atomic E-state index is 6.68. The van der Waals surface area contributed by atoms with Gasteiger partial charge in [0, 0.05) is 44.7 Å². The average molecular weight is 714 g/mol. The summed E-state index contributed by atoms with van der Waals surface area (Å²) in [5, 5.41) is 2.29. The fourth-order valence-corrected chi connectivity index (χ4v) is 10.0. The third kappa shape index (κ3) is 5.61. The van der Waals surface area contributed by atoms with Crippen LogP contribution in [0.25, 0.3) is 44.2 Å². The molecular weight excluding hydrogens is 667 g/mol. The van der Waals surface area contributed by atoms with Gasteiger partial charge in [-0.25, -0.2) is 0 Å². The molecule has 2 aliphatic carbocycles. The number of hydrogen-bond acceptors (Lipinski definition) is 2. The second-order valence-electron chi connectivity index (χ2n) is 16.3. The van der Waals surface area contributed by atoms with Crippen LogP contribution < -0.4 is 4.90 Å². The highest BCUT2D eigenvalue weighted by Crippen LogP contribution is 2.51. The molecule has 0 radical (unpaired) electrons. The lowest BCUT2D eigenvalue weighted by Gasteiger charge is -2.37. The first kappa shape index (κ1) is 33.7. The smallest absolute Gasteiger partial charge is 0.137 e. The lowest BCUT2D eigenvalue weighted by atomic mass is 9.67. The van der Waals surface area contributed by atoms with Crippen molar-refractivity contribution in [2.45, 2.75) is 69.6 Å². The van der Waals surface area contributed by atoms with E-state index in [4.69, 9.17) is 4.42 Å². The van der Waals surface area contributed by atoms with Gasteiger partial charge in [-0.05, 0) is 99.8 Å². The molecule has 0 spiro atoms. The van der Waals surface area contributed by atoms with Crippen molar-refractivity contribution < 1.29 is 4.42 Å². The number of benzene rings is 7. The van der Waals surface area contributed by atoms with Crippen LogP contribution in [0.4, 0.5) is 17.1 Å². The van der Waals surface area contributed by atoms with Gasteiger partial charge in [-0.15, -0.1) is 0 Å². The predicted molar refractivity (Wildman–Crippen MR) is 231 cm³/mol. The highest BCUT2D eigenvalue weighted by atomic mass is 16.3. The van der Waals surface area contributed by atoms with Gasteiger partial charge in [-0.1, -0.05) is 161 Å². The Morgan fingerprint density at radius 3 is 1.84 bits per heavy atom. The third-order valence-electron chi connectivity index (χ3n) is 12.9. The van der Waals surface area contributed by atoms with Crippen LogP contribution in [0.2, 0.25) is 0 Å². The molecule has 7 aromatic carbocycles. The molecule has 10 rings (SSSR count). The molecule has 8 aromatic rings. The summed E-state index contributed by atoms with van der Waals surface area (Å²) in [6.07, 6.45) is 8.88. The third-order valence-corrected chi connectivity index (χ3v) is 12.9. The Morgan fingerprint density at radius 2 is 1.05 bits per heavy atom. The highest BCUT2D eigenvalue weighted by Gasteiger charge is 2.36. The van der Waals surface area contributed by atoms with Crippen LogP contribution in [-0.4, -0.2) is 0 Å². The maximum absolute atomic E-state index is 6.68. The standard InChI is InChI=1S/C53H47NO/c1-52(2)47-23-13-12-21-44(47)46-35-41(30-32-48(46)52)54(40-27-25-39(26-28-40)53(38-19-10-7-11-20-38)33-14-4-3-5-15-34-53)42-29-31-45-50(36-42)55-49-24-16-22-43(51(45)49)37-17-8-6-9-18-37/h6-13,16-32,35-36H,3-5,14-15,33-34H2,1-2H3. The summed E-state index contributed by atoms with van der Waals surface area (Å²) in [5.74, 6) is 0. The largest absolute Gasteiger partial charge is 0.456 e. The summed E-state index contributed by atoms with van der Waals surface area (Å²) in [4.78, 5) is 2.43. The van der Waals surface area contributed by atoms with Crippen molar-refractivity contribution in [3.63, 3.8) is 0 Å². The van der Waals surface area contributed by atoms with Crippen LogP contribution >= 0.6 is 0 Å². The molecule has 1 saturated carbocycles. The predicted octanol–water partition coefficient (Wildman–Crippen LogP) is 15.1. The second kappa shape index (κ2) is 13.5. The molecule has 0 amide bonds. The van der Waals surface area contributed by atoms with Crippen LogP contribution in [0.3, 0.4) is 0 Å². The van der Waals surface area contributed by atoms with Crippen LogP contribution in [0.15, 0.2) is 168 Å². The lowest BCUT2D eigenvalue weighted by Crippen LogP contribution is -2.29. The van der Waals surface area contributed by atoms with Gasteiger partial charge in [-0.2, -0.15) is 0 Å². The van der Waals surface area contributed by atoms with Gasteiger partial charge in [-0.3, -0.25) is 0 Å². The zero-order valence-corrected chi connectivity index (χ0v) is 31.9. The van der Waals surface area contributed by atoms with Crippen molar-refractivity contribution in [1.29, 1.82) is 0 Å². The zero-order valence-electron chi connectivity index (χ0n) is 31.9. The molecule has 0 atom stereocenters. The monoisotopic (exact) mass is 713 g/mol. The van der Waals surface area contributed by atoms with Crippen LogP contribution in [0.1, 0.15) is 81.0 Å². The summed E-state index contributed by atoms with van der Waals surface area (Å²) in [5.41, 5.74) is 15.8. The molecule has 55 heavy (non-hydrogen) atoms. The molecule has 0 bridgehead atoms. The Labute approximate surface area is 325 Å². The zero-order chi connectivity index (χ0) is 37.0. The van der Waals surface area contributed by atoms with Gasteiger partial charge in [0.05, 0.1) is 0 Å². The first-order valence-corrected chi connectivity index (χ1v) is 20.2. The summed E-state index contributed by atoms with van der Waals surface area (Å²) < 4.78 is 6.68. The molecule has 1 fully saturated rings. The maximum Gasteiger partial charge on any atom is 0.137 e. The number of rotatable bonds is 6. The Bertz CT molecular complexity index is 2640. The van der Waals surface area contributed by atoms with E-state index < -0.39 is 0 Å². The Kier molecular flexibility index (Phi) is 8.25. The van der Waals surface area contributed by atoms with E-state index in [1.54, 1.807) is 0 Å². The van der Waals surface area contributed by atoms with E-state index >= 15 is 0 Å². The van der Waals surface area contributed by atoms with E-state index in [0.717, 1.165) is 39.0 Å². The quantitative estimate of drug-likeness (QED) is 0.171. The topological polar surface area (TPSA) is 16.4 Å². The molecule has 270 valence electrons. The second-order valence-corrected chi connectivity index (χ2v) is 16.3. The number of anilines is 3. The summed E-state index contributed by atoms with van der Waals surface area (Å²) >= 11 is 0. The minimum atomic E-state index is -0.0517. The van der Waals surface area contributed by atoms with Crippen LogP contribution in [0.5, 0.6) is 0 Å². The van der Waals surface area contributed by atoms with E-state index in [1.807, 2.05) is 0 Å². The summed E-state index contributed by atoms with van der Waals surface area (Å²) in [6.45, 7) is 4.70. The first-order valence-electron chi connectivity index (χ1n) is 20.2. The van der Waals surface area contributed by atoms with Gasteiger partial charge < -0.3 is 9.32 Å². The highest BCUT2D eigenvalue weighted by molar-refractivity contribution is 6.13. The normalized spacial score (nSPS) is 16.0. The van der Waals surface area contributed by atoms with Crippen molar-refractivity contribution >= 4 is 39.0 Å². The molecule has 0 unspecified atom stereocenters. The molecule has 1 heterocycles. The van der Waals surface area contributed by atoms with E-state index in [1.165, 1.54) is 89.5 Å². The summed E-state index contributed by atoms with van der Waals surface area (Å²) in [6, 6.07) is 60.7. The van der Waals surface area contributed by atoms with E-state index in [0.29, 0.717) is 0 Å². The Morgan fingerprint density at radius 1 is 0.455 bits per heavy atom. The molecule has 2 aliphatic rings. The van der Waals surface area contributed by atoms with E-state index in [2.05, 4.69) is 183 Å². The molecule has 2 nitrogen and oxygen atoms in total. The van der Waals surface area contributed by atoms with Gasteiger partial charge in [0.1, 0.15) is 11.2 Å². The Hall–Kier alpha value is -5.86. The minimum Gasteiger partial charge on any atom is -0.456 e. The van der Waals surface area contributed by atoms with Crippen LogP contribution in [0, 0.1) is 0 Å². The van der Waals surface area contributed by atoms with Crippen molar-refractivity contribution in [2.24, 2.45) is 0 Å².